The van der Waals surface area contributed by atoms with E-state index in [1.54, 1.807) is 0 Å². The van der Waals surface area contributed by atoms with Crippen molar-refractivity contribution in [3.8, 4) is 0 Å². The molecule has 1 saturated heterocycles. The lowest BCUT2D eigenvalue weighted by Crippen LogP contribution is -2.44. The van der Waals surface area contributed by atoms with Crippen LogP contribution < -0.4 is 5.73 Å². The van der Waals surface area contributed by atoms with Gasteiger partial charge in [-0.3, -0.25) is 4.79 Å². The lowest BCUT2D eigenvalue weighted by atomic mass is 9.98. The molecule has 1 aromatic rings. The highest BCUT2D eigenvalue weighted by Crippen LogP contribution is 2.25. The normalized spacial score (nSPS) is 19.5. The molecule has 0 aromatic heterocycles. The summed E-state index contributed by atoms with van der Waals surface area (Å²) in [5.74, 6) is -0.384. The molecule has 0 saturated carbocycles. The fraction of sp³-hybridized carbons (Fsp3) is 0.500. The van der Waals surface area contributed by atoms with Crippen molar-refractivity contribution in [2.24, 2.45) is 5.73 Å². The summed E-state index contributed by atoms with van der Waals surface area (Å²) in [6, 6.07) is 4.40. The van der Waals surface area contributed by atoms with E-state index in [9.17, 15) is 9.18 Å². The zero-order valence-corrected chi connectivity index (χ0v) is 12.3. The molecule has 0 bridgehead atoms. The van der Waals surface area contributed by atoms with Crippen molar-refractivity contribution in [2.45, 2.75) is 31.7 Å². The number of benzene rings is 1. The Labute approximate surface area is 121 Å². The maximum Gasteiger partial charge on any atom is 0.255 e. The lowest BCUT2D eigenvalue weighted by molar-refractivity contribution is 0.0604. The molecular formula is C14H18BrFN2O. The van der Waals surface area contributed by atoms with E-state index in [4.69, 9.17) is 5.73 Å². The molecule has 1 aromatic carbocycles. The van der Waals surface area contributed by atoms with Crippen LogP contribution in [0.15, 0.2) is 22.7 Å². The van der Waals surface area contributed by atoms with Crippen LogP contribution in [0.25, 0.3) is 0 Å². The second-order valence-corrected chi connectivity index (χ2v) is 5.70. The van der Waals surface area contributed by atoms with Gasteiger partial charge in [-0.2, -0.15) is 0 Å². The standard InChI is InChI=1S/C14H18BrFN2O/c15-13-9-10(16)4-5-12(13)14(19)18-8-2-1-3-11(18)6-7-17/h4-5,9,11H,1-3,6-8,17H2. The van der Waals surface area contributed by atoms with E-state index < -0.39 is 0 Å². The minimum absolute atomic E-state index is 0.0370. The number of likely N-dealkylation sites (tertiary alicyclic amines) is 1. The van der Waals surface area contributed by atoms with Gasteiger partial charge in [-0.15, -0.1) is 0 Å². The smallest absolute Gasteiger partial charge is 0.255 e. The Morgan fingerprint density at radius 1 is 1.47 bits per heavy atom. The highest BCUT2D eigenvalue weighted by molar-refractivity contribution is 9.10. The Balaban J connectivity index is 2.21. The number of carbonyl (C=O) groups excluding carboxylic acids is 1. The van der Waals surface area contributed by atoms with Gasteiger partial charge in [0.15, 0.2) is 0 Å². The Bertz CT molecular complexity index is 465. The molecular weight excluding hydrogens is 311 g/mol. The third kappa shape index (κ3) is 3.34. The van der Waals surface area contributed by atoms with E-state index in [1.807, 2.05) is 4.90 Å². The number of hydrogen-bond donors (Lipinski definition) is 1. The molecule has 0 radical (unpaired) electrons. The molecule has 1 amide bonds. The second kappa shape index (κ2) is 6.48. The van der Waals surface area contributed by atoms with Gasteiger partial charge in [0.25, 0.3) is 5.91 Å². The maximum atomic E-state index is 13.1. The first-order valence-corrected chi connectivity index (χ1v) is 7.39. The van der Waals surface area contributed by atoms with Crippen molar-refractivity contribution in [3.63, 3.8) is 0 Å². The van der Waals surface area contributed by atoms with E-state index >= 15 is 0 Å². The fourth-order valence-corrected chi connectivity index (χ4v) is 3.10. The summed E-state index contributed by atoms with van der Waals surface area (Å²) in [6.45, 7) is 1.34. The van der Waals surface area contributed by atoms with E-state index in [0.29, 0.717) is 16.6 Å². The molecule has 1 unspecified atom stereocenters. The minimum atomic E-state index is -0.347. The first kappa shape index (κ1) is 14.5. The van der Waals surface area contributed by atoms with Gasteiger partial charge in [0.05, 0.1) is 5.56 Å². The van der Waals surface area contributed by atoms with Gasteiger partial charge in [-0.05, 0) is 66.4 Å². The third-order valence-electron chi connectivity index (χ3n) is 3.55. The van der Waals surface area contributed by atoms with Crippen LogP contribution in [0.5, 0.6) is 0 Å². The summed E-state index contributed by atoms with van der Waals surface area (Å²) in [5.41, 5.74) is 6.13. The van der Waals surface area contributed by atoms with Crippen molar-refractivity contribution in [2.75, 3.05) is 13.1 Å². The summed E-state index contributed by atoms with van der Waals surface area (Å²) in [4.78, 5) is 14.4. The minimum Gasteiger partial charge on any atom is -0.336 e. The van der Waals surface area contributed by atoms with Crippen LogP contribution in [0.1, 0.15) is 36.0 Å². The molecule has 2 rings (SSSR count). The number of carbonyl (C=O) groups is 1. The van der Waals surface area contributed by atoms with Gasteiger partial charge in [0.2, 0.25) is 0 Å². The van der Waals surface area contributed by atoms with Crippen molar-refractivity contribution in [1.29, 1.82) is 0 Å². The van der Waals surface area contributed by atoms with Gasteiger partial charge in [0, 0.05) is 17.1 Å². The Kier molecular flexibility index (Phi) is 4.93. The average molecular weight is 329 g/mol. The van der Waals surface area contributed by atoms with Crippen molar-refractivity contribution in [3.05, 3.63) is 34.1 Å². The number of amides is 1. The third-order valence-corrected chi connectivity index (χ3v) is 4.21. The van der Waals surface area contributed by atoms with Gasteiger partial charge in [-0.25, -0.2) is 4.39 Å². The Morgan fingerprint density at radius 3 is 2.95 bits per heavy atom. The lowest BCUT2D eigenvalue weighted by Gasteiger charge is -2.36. The van der Waals surface area contributed by atoms with Gasteiger partial charge in [0.1, 0.15) is 5.82 Å². The van der Waals surface area contributed by atoms with Gasteiger partial charge < -0.3 is 10.6 Å². The van der Waals surface area contributed by atoms with E-state index in [-0.39, 0.29) is 17.8 Å². The van der Waals surface area contributed by atoms with Crippen LogP contribution in [0, 0.1) is 5.82 Å². The maximum absolute atomic E-state index is 13.1. The number of nitrogens with two attached hydrogens (primary N) is 1. The highest BCUT2D eigenvalue weighted by atomic mass is 79.9. The van der Waals surface area contributed by atoms with Crippen LogP contribution in [0.3, 0.4) is 0 Å². The monoisotopic (exact) mass is 328 g/mol. The largest absolute Gasteiger partial charge is 0.336 e. The molecule has 104 valence electrons. The molecule has 19 heavy (non-hydrogen) atoms. The molecule has 1 aliphatic heterocycles. The fourth-order valence-electron chi connectivity index (χ4n) is 2.58. The molecule has 1 atom stereocenters. The molecule has 3 nitrogen and oxygen atoms in total. The van der Waals surface area contributed by atoms with Crippen LogP contribution in [0.4, 0.5) is 4.39 Å². The number of rotatable bonds is 3. The number of halogens is 2. The zero-order valence-electron chi connectivity index (χ0n) is 10.7. The molecule has 1 aliphatic rings. The number of piperidine rings is 1. The van der Waals surface area contributed by atoms with Gasteiger partial charge in [-0.1, -0.05) is 0 Å². The summed E-state index contributed by atoms with van der Waals surface area (Å²) in [5, 5.41) is 0. The SMILES string of the molecule is NCCC1CCCCN1C(=O)c1ccc(F)cc1Br. The van der Waals surface area contributed by atoms with E-state index in [2.05, 4.69) is 15.9 Å². The van der Waals surface area contributed by atoms with Crippen molar-refractivity contribution >= 4 is 21.8 Å². The molecule has 2 N–H and O–H groups in total. The molecule has 1 fully saturated rings. The predicted molar refractivity (Wildman–Crippen MR) is 76.4 cm³/mol. The molecule has 1 heterocycles. The summed E-state index contributed by atoms with van der Waals surface area (Å²) >= 11 is 3.26. The number of hydrogen-bond acceptors (Lipinski definition) is 2. The van der Waals surface area contributed by atoms with Crippen molar-refractivity contribution in [1.82, 2.24) is 4.90 Å². The van der Waals surface area contributed by atoms with Crippen LogP contribution in [0.2, 0.25) is 0 Å². The summed E-state index contributed by atoms with van der Waals surface area (Å²) in [7, 11) is 0. The van der Waals surface area contributed by atoms with Crippen LogP contribution in [-0.4, -0.2) is 29.9 Å². The van der Waals surface area contributed by atoms with Crippen LogP contribution >= 0.6 is 15.9 Å². The number of nitrogens with zero attached hydrogens (tertiary/aromatic N) is 1. The highest BCUT2D eigenvalue weighted by Gasteiger charge is 2.27. The average Bonchev–Trinajstić information content (AvgIpc) is 2.39. The second-order valence-electron chi connectivity index (χ2n) is 4.85. The summed E-state index contributed by atoms with van der Waals surface area (Å²) < 4.78 is 13.6. The predicted octanol–water partition coefficient (Wildman–Crippen LogP) is 2.93. The Morgan fingerprint density at radius 2 is 2.26 bits per heavy atom. The topological polar surface area (TPSA) is 46.3 Å². The van der Waals surface area contributed by atoms with E-state index in [0.717, 1.165) is 32.2 Å². The molecule has 5 heteroatoms. The first-order chi connectivity index (χ1) is 9.13. The van der Waals surface area contributed by atoms with E-state index in [1.165, 1.54) is 18.2 Å². The van der Waals surface area contributed by atoms with Crippen LogP contribution in [-0.2, 0) is 0 Å². The van der Waals surface area contributed by atoms with Gasteiger partial charge >= 0.3 is 0 Å². The zero-order chi connectivity index (χ0) is 13.8. The Hall–Kier alpha value is -0.940. The molecule has 0 aliphatic carbocycles. The first-order valence-electron chi connectivity index (χ1n) is 6.59. The summed E-state index contributed by atoms with van der Waals surface area (Å²) in [6.07, 6.45) is 3.98. The van der Waals surface area contributed by atoms with Crippen molar-refractivity contribution < 1.29 is 9.18 Å². The molecule has 0 spiro atoms. The quantitative estimate of drug-likeness (QED) is 0.927.